The fourth-order valence-corrected chi connectivity index (χ4v) is 3.44. The van der Waals surface area contributed by atoms with Crippen LogP contribution in [-0.4, -0.2) is 13.1 Å². The second-order valence-electron chi connectivity index (χ2n) is 6.12. The van der Waals surface area contributed by atoms with Crippen LogP contribution in [0.25, 0.3) is 0 Å². The largest absolute Gasteiger partial charge is 0.316 e. The SMILES string of the molecule is CNC(Cc1cccc(C)c1)C1CCCC(C)C1. The van der Waals surface area contributed by atoms with Crippen molar-refractivity contribution in [1.82, 2.24) is 5.32 Å². The van der Waals surface area contributed by atoms with E-state index < -0.39 is 0 Å². The first-order valence-corrected chi connectivity index (χ1v) is 7.42. The molecule has 1 aromatic rings. The Labute approximate surface area is 112 Å². The normalized spacial score (nSPS) is 25.9. The van der Waals surface area contributed by atoms with Crippen molar-refractivity contribution in [2.75, 3.05) is 7.05 Å². The van der Waals surface area contributed by atoms with E-state index in [9.17, 15) is 0 Å². The smallest absolute Gasteiger partial charge is 0.0133 e. The molecule has 100 valence electrons. The Hall–Kier alpha value is -0.820. The topological polar surface area (TPSA) is 12.0 Å². The van der Waals surface area contributed by atoms with Crippen molar-refractivity contribution >= 4 is 0 Å². The molecule has 3 unspecified atom stereocenters. The number of likely N-dealkylation sites (N-methyl/N-ethyl adjacent to an activating group) is 1. The van der Waals surface area contributed by atoms with Gasteiger partial charge in [0.1, 0.15) is 0 Å². The fraction of sp³-hybridized carbons (Fsp3) is 0.647. The van der Waals surface area contributed by atoms with E-state index in [1.165, 1.54) is 43.2 Å². The quantitative estimate of drug-likeness (QED) is 0.847. The molecule has 1 saturated carbocycles. The molecule has 1 heteroatoms. The second kappa shape index (κ2) is 6.38. The van der Waals surface area contributed by atoms with E-state index in [-0.39, 0.29) is 0 Å². The van der Waals surface area contributed by atoms with Crippen LogP contribution < -0.4 is 5.32 Å². The minimum Gasteiger partial charge on any atom is -0.316 e. The van der Waals surface area contributed by atoms with Gasteiger partial charge in [-0.2, -0.15) is 0 Å². The van der Waals surface area contributed by atoms with Gasteiger partial charge >= 0.3 is 0 Å². The summed E-state index contributed by atoms with van der Waals surface area (Å²) in [7, 11) is 2.12. The van der Waals surface area contributed by atoms with E-state index in [1.807, 2.05) is 0 Å². The molecule has 1 fully saturated rings. The lowest BCUT2D eigenvalue weighted by Crippen LogP contribution is -2.37. The number of hydrogen-bond acceptors (Lipinski definition) is 1. The zero-order valence-corrected chi connectivity index (χ0v) is 12.1. The summed E-state index contributed by atoms with van der Waals surface area (Å²) >= 11 is 0. The van der Waals surface area contributed by atoms with E-state index in [1.54, 1.807) is 0 Å². The molecular formula is C17H27N. The molecular weight excluding hydrogens is 218 g/mol. The van der Waals surface area contributed by atoms with Gasteiger partial charge in [-0.05, 0) is 50.6 Å². The zero-order chi connectivity index (χ0) is 13.0. The van der Waals surface area contributed by atoms with Gasteiger partial charge in [-0.25, -0.2) is 0 Å². The summed E-state index contributed by atoms with van der Waals surface area (Å²) in [6.07, 6.45) is 6.82. The molecule has 1 N–H and O–H groups in total. The summed E-state index contributed by atoms with van der Waals surface area (Å²) in [6.45, 7) is 4.59. The van der Waals surface area contributed by atoms with E-state index >= 15 is 0 Å². The van der Waals surface area contributed by atoms with Crippen molar-refractivity contribution in [3.05, 3.63) is 35.4 Å². The van der Waals surface area contributed by atoms with Crippen LogP contribution in [0.1, 0.15) is 43.7 Å². The van der Waals surface area contributed by atoms with E-state index in [4.69, 9.17) is 0 Å². The molecule has 1 aromatic carbocycles. The van der Waals surface area contributed by atoms with Gasteiger partial charge in [0.2, 0.25) is 0 Å². The van der Waals surface area contributed by atoms with E-state index in [2.05, 4.69) is 50.5 Å². The molecule has 2 rings (SSSR count). The Kier molecular flexibility index (Phi) is 4.82. The Morgan fingerprint density at radius 2 is 2.17 bits per heavy atom. The van der Waals surface area contributed by atoms with Gasteiger partial charge in [-0.3, -0.25) is 0 Å². The molecule has 3 atom stereocenters. The Bertz CT molecular complexity index is 372. The fourth-order valence-electron chi connectivity index (χ4n) is 3.44. The van der Waals surface area contributed by atoms with Gasteiger partial charge in [0.15, 0.2) is 0 Å². The average molecular weight is 245 g/mol. The summed E-state index contributed by atoms with van der Waals surface area (Å²) in [6, 6.07) is 9.61. The standard InChI is InChI=1S/C17H27N/c1-13-6-4-8-15(10-13)12-17(18-3)16-9-5-7-14(2)11-16/h4,6,8,10,14,16-18H,5,7,9,11-12H2,1-3H3. The third-order valence-corrected chi connectivity index (χ3v) is 4.45. The molecule has 0 aromatic heterocycles. The van der Waals surface area contributed by atoms with Gasteiger partial charge in [0.05, 0.1) is 0 Å². The maximum atomic E-state index is 3.56. The zero-order valence-electron chi connectivity index (χ0n) is 12.1. The lowest BCUT2D eigenvalue weighted by Gasteiger charge is -2.33. The van der Waals surface area contributed by atoms with Crippen molar-refractivity contribution in [2.45, 2.75) is 52.0 Å². The molecule has 0 radical (unpaired) electrons. The molecule has 0 heterocycles. The van der Waals surface area contributed by atoms with Crippen LogP contribution in [-0.2, 0) is 6.42 Å². The highest BCUT2D eigenvalue weighted by Gasteiger charge is 2.25. The molecule has 1 nitrogen and oxygen atoms in total. The van der Waals surface area contributed by atoms with Crippen LogP contribution in [0.2, 0.25) is 0 Å². The average Bonchev–Trinajstić information content (AvgIpc) is 2.36. The van der Waals surface area contributed by atoms with Gasteiger partial charge in [0.25, 0.3) is 0 Å². The molecule has 0 spiro atoms. The predicted octanol–water partition coefficient (Wildman–Crippen LogP) is 3.95. The molecule has 18 heavy (non-hydrogen) atoms. The van der Waals surface area contributed by atoms with Crippen LogP contribution >= 0.6 is 0 Å². The minimum atomic E-state index is 0.648. The van der Waals surface area contributed by atoms with Crippen molar-refractivity contribution in [1.29, 1.82) is 0 Å². The van der Waals surface area contributed by atoms with E-state index in [0.717, 1.165) is 11.8 Å². The summed E-state index contributed by atoms with van der Waals surface area (Å²) in [5.41, 5.74) is 2.85. The van der Waals surface area contributed by atoms with Crippen LogP contribution in [0.15, 0.2) is 24.3 Å². The van der Waals surface area contributed by atoms with Gasteiger partial charge in [-0.15, -0.1) is 0 Å². The summed E-state index contributed by atoms with van der Waals surface area (Å²) in [4.78, 5) is 0. The van der Waals surface area contributed by atoms with Gasteiger partial charge in [0, 0.05) is 6.04 Å². The van der Waals surface area contributed by atoms with Crippen LogP contribution in [0, 0.1) is 18.8 Å². The van der Waals surface area contributed by atoms with Gasteiger partial charge < -0.3 is 5.32 Å². The lowest BCUT2D eigenvalue weighted by atomic mass is 9.77. The third kappa shape index (κ3) is 3.58. The molecule has 1 aliphatic rings. The highest BCUT2D eigenvalue weighted by atomic mass is 14.9. The third-order valence-electron chi connectivity index (χ3n) is 4.45. The molecule has 0 bridgehead atoms. The maximum absolute atomic E-state index is 3.56. The summed E-state index contributed by atoms with van der Waals surface area (Å²) in [5, 5.41) is 3.56. The number of hydrogen-bond donors (Lipinski definition) is 1. The first kappa shape index (κ1) is 13.6. The highest BCUT2D eigenvalue weighted by molar-refractivity contribution is 5.23. The van der Waals surface area contributed by atoms with Crippen molar-refractivity contribution in [3.8, 4) is 0 Å². The van der Waals surface area contributed by atoms with Crippen LogP contribution in [0.3, 0.4) is 0 Å². The lowest BCUT2D eigenvalue weighted by molar-refractivity contribution is 0.227. The monoisotopic (exact) mass is 245 g/mol. The van der Waals surface area contributed by atoms with Crippen molar-refractivity contribution in [2.24, 2.45) is 11.8 Å². The number of benzene rings is 1. The number of rotatable bonds is 4. The Balaban J connectivity index is 2.00. The maximum Gasteiger partial charge on any atom is 0.0133 e. The predicted molar refractivity (Wildman–Crippen MR) is 78.9 cm³/mol. The molecule has 1 aliphatic carbocycles. The summed E-state index contributed by atoms with van der Waals surface area (Å²) in [5.74, 6) is 1.77. The molecule has 0 saturated heterocycles. The van der Waals surface area contributed by atoms with Gasteiger partial charge in [-0.1, -0.05) is 49.6 Å². The minimum absolute atomic E-state index is 0.648. The Morgan fingerprint density at radius 3 is 2.83 bits per heavy atom. The second-order valence-corrected chi connectivity index (χ2v) is 6.12. The number of aryl methyl sites for hydroxylation is 1. The van der Waals surface area contributed by atoms with Crippen LogP contribution in [0.5, 0.6) is 0 Å². The summed E-state index contributed by atoms with van der Waals surface area (Å²) < 4.78 is 0. The van der Waals surface area contributed by atoms with Crippen molar-refractivity contribution in [3.63, 3.8) is 0 Å². The highest BCUT2D eigenvalue weighted by Crippen LogP contribution is 2.31. The van der Waals surface area contributed by atoms with Crippen molar-refractivity contribution < 1.29 is 0 Å². The number of nitrogens with one attached hydrogen (secondary N) is 1. The molecule has 0 amide bonds. The molecule has 0 aliphatic heterocycles. The Morgan fingerprint density at radius 1 is 1.33 bits per heavy atom. The first-order chi connectivity index (χ1) is 8.69. The van der Waals surface area contributed by atoms with Crippen LogP contribution in [0.4, 0.5) is 0 Å². The first-order valence-electron chi connectivity index (χ1n) is 7.42. The van der Waals surface area contributed by atoms with E-state index in [0.29, 0.717) is 6.04 Å².